The molecule has 0 saturated heterocycles. The zero-order valence-electron chi connectivity index (χ0n) is 10.9. The van der Waals surface area contributed by atoms with Gasteiger partial charge in [0, 0.05) is 0 Å². The highest BCUT2D eigenvalue weighted by Gasteiger charge is 2.38. The van der Waals surface area contributed by atoms with Crippen molar-refractivity contribution in [2.45, 2.75) is 24.5 Å². The second kappa shape index (κ2) is 5.74. The average molecular weight is 282 g/mol. The third-order valence-corrected chi connectivity index (χ3v) is 5.49. The topological polar surface area (TPSA) is 60.4 Å². The summed E-state index contributed by atoms with van der Waals surface area (Å²) in [5.41, 5.74) is 0.831. The van der Waals surface area contributed by atoms with Crippen LogP contribution < -0.4 is 0 Å². The van der Waals surface area contributed by atoms with Crippen LogP contribution >= 0.6 is 0 Å². The molecule has 1 saturated carbocycles. The summed E-state index contributed by atoms with van der Waals surface area (Å²) in [4.78, 5) is 11.8. The SMILES string of the molecule is COC(=O)C(Cc1ccccc1)S(=O)(=O)CC1CC1. The number of hydrogen-bond donors (Lipinski definition) is 0. The van der Waals surface area contributed by atoms with Gasteiger partial charge in [0.2, 0.25) is 0 Å². The van der Waals surface area contributed by atoms with E-state index in [1.807, 2.05) is 30.3 Å². The number of methoxy groups -OCH3 is 1. The minimum Gasteiger partial charge on any atom is -0.468 e. The molecule has 0 radical (unpaired) electrons. The van der Waals surface area contributed by atoms with Crippen molar-refractivity contribution in [2.24, 2.45) is 5.92 Å². The molecule has 19 heavy (non-hydrogen) atoms. The maximum atomic E-state index is 12.3. The third-order valence-electron chi connectivity index (χ3n) is 3.33. The average Bonchev–Trinajstić information content (AvgIpc) is 3.19. The summed E-state index contributed by atoms with van der Waals surface area (Å²) < 4.78 is 29.2. The first-order valence-electron chi connectivity index (χ1n) is 6.36. The number of rotatable bonds is 6. The van der Waals surface area contributed by atoms with Gasteiger partial charge in [0.25, 0.3) is 0 Å². The molecule has 5 heteroatoms. The fourth-order valence-corrected chi connectivity index (χ4v) is 4.10. The predicted octanol–water partition coefficient (Wildman–Crippen LogP) is 1.60. The highest BCUT2D eigenvalue weighted by molar-refractivity contribution is 7.92. The minimum atomic E-state index is -3.44. The molecular formula is C14H18O4S. The van der Waals surface area contributed by atoms with Crippen LogP contribution in [0.4, 0.5) is 0 Å². The molecule has 0 N–H and O–H groups in total. The Labute approximate surface area is 113 Å². The lowest BCUT2D eigenvalue weighted by atomic mass is 10.1. The standard InChI is InChI=1S/C14H18O4S/c1-18-14(15)13(9-11-5-3-2-4-6-11)19(16,17)10-12-7-8-12/h2-6,12-13H,7-10H2,1H3. The highest BCUT2D eigenvalue weighted by atomic mass is 32.2. The fraction of sp³-hybridized carbons (Fsp3) is 0.500. The highest BCUT2D eigenvalue weighted by Crippen LogP contribution is 2.32. The smallest absolute Gasteiger partial charge is 0.324 e. The lowest BCUT2D eigenvalue weighted by Crippen LogP contribution is -2.35. The summed E-state index contributed by atoms with van der Waals surface area (Å²) in [5.74, 6) is -0.336. The number of benzene rings is 1. The van der Waals surface area contributed by atoms with Crippen molar-refractivity contribution < 1.29 is 17.9 Å². The number of carbonyl (C=O) groups excluding carboxylic acids is 1. The normalized spacial score (nSPS) is 16.9. The van der Waals surface area contributed by atoms with Gasteiger partial charge in [-0.3, -0.25) is 4.79 Å². The van der Waals surface area contributed by atoms with E-state index >= 15 is 0 Å². The van der Waals surface area contributed by atoms with E-state index in [-0.39, 0.29) is 18.1 Å². The van der Waals surface area contributed by atoms with Gasteiger partial charge < -0.3 is 4.74 Å². The molecule has 0 heterocycles. The van der Waals surface area contributed by atoms with Crippen LogP contribution in [0.5, 0.6) is 0 Å². The first kappa shape index (κ1) is 14.1. The van der Waals surface area contributed by atoms with Crippen molar-refractivity contribution in [1.82, 2.24) is 0 Å². The molecule has 1 aromatic carbocycles. The number of hydrogen-bond acceptors (Lipinski definition) is 4. The number of sulfone groups is 1. The van der Waals surface area contributed by atoms with Crippen molar-refractivity contribution in [2.75, 3.05) is 12.9 Å². The van der Waals surface area contributed by atoms with Crippen molar-refractivity contribution >= 4 is 15.8 Å². The maximum Gasteiger partial charge on any atom is 0.324 e. The molecule has 0 spiro atoms. The first-order valence-corrected chi connectivity index (χ1v) is 8.08. The van der Waals surface area contributed by atoms with E-state index in [2.05, 4.69) is 4.74 Å². The van der Waals surface area contributed by atoms with E-state index in [0.29, 0.717) is 0 Å². The number of ether oxygens (including phenoxy) is 1. The van der Waals surface area contributed by atoms with Crippen molar-refractivity contribution in [3.8, 4) is 0 Å². The second-order valence-electron chi connectivity index (χ2n) is 4.97. The Morgan fingerprint density at radius 3 is 2.47 bits per heavy atom. The van der Waals surface area contributed by atoms with Crippen molar-refractivity contribution in [3.63, 3.8) is 0 Å². The van der Waals surface area contributed by atoms with Crippen LogP contribution in [-0.2, 0) is 25.8 Å². The van der Waals surface area contributed by atoms with Gasteiger partial charge >= 0.3 is 5.97 Å². The first-order chi connectivity index (χ1) is 9.03. The van der Waals surface area contributed by atoms with Crippen LogP contribution in [0.3, 0.4) is 0 Å². The zero-order valence-corrected chi connectivity index (χ0v) is 11.7. The largest absolute Gasteiger partial charge is 0.468 e. The molecule has 1 fully saturated rings. The van der Waals surface area contributed by atoms with E-state index in [1.54, 1.807) is 0 Å². The molecule has 0 aliphatic heterocycles. The molecule has 0 amide bonds. The summed E-state index contributed by atoms with van der Waals surface area (Å²) in [6.45, 7) is 0. The van der Waals surface area contributed by atoms with Crippen LogP contribution in [-0.4, -0.2) is 32.5 Å². The summed E-state index contributed by atoms with van der Waals surface area (Å²) in [5, 5.41) is -1.08. The predicted molar refractivity (Wildman–Crippen MR) is 72.5 cm³/mol. The lowest BCUT2D eigenvalue weighted by Gasteiger charge is -2.15. The van der Waals surface area contributed by atoms with E-state index in [0.717, 1.165) is 18.4 Å². The zero-order chi connectivity index (χ0) is 13.9. The van der Waals surface area contributed by atoms with Gasteiger partial charge in [-0.05, 0) is 30.7 Å². The van der Waals surface area contributed by atoms with Crippen molar-refractivity contribution in [1.29, 1.82) is 0 Å². The monoisotopic (exact) mass is 282 g/mol. The maximum absolute atomic E-state index is 12.3. The quantitative estimate of drug-likeness (QED) is 0.744. The number of carbonyl (C=O) groups is 1. The van der Waals surface area contributed by atoms with Gasteiger partial charge in [0.05, 0.1) is 12.9 Å². The van der Waals surface area contributed by atoms with Crippen LogP contribution in [0.1, 0.15) is 18.4 Å². The molecule has 1 atom stereocenters. The molecule has 1 aliphatic carbocycles. The third kappa shape index (κ3) is 3.80. The Morgan fingerprint density at radius 1 is 1.32 bits per heavy atom. The van der Waals surface area contributed by atoms with Gasteiger partial charge in [-0.25, -0.2) is 8.42 Å². The van der Waals surface area contributed by atoms with Crippen molar-refractivity contribution in [3.05, 3.63) is 35.9 Å². The van der Waals surface area contributed by atoms with Crippen LogP contribution in [0.15, 0.2) is 30.3 Å². The van der Waals surface area contributed by atoms with Crippen LogP contribution in [0.2, 0.25) is 0 Å². The lowest BCUT2D eigenvalue weighted by molar-refractivity contribution is -0.140. The van der Waals surface area contributed by atoms with E-state index in [4.69, 9.17) is 0 Å². The van der Waals surface area contributed by atoms with E-state index in [9.17, 15) is 13.2 Å². The van der Waals surface area contributed by atoms with E-state index in [1.165, 1.54) is 7.11 Å². The Hall–Kier alpha value is -1.36. The molecule has 1 aromatic rings. The minimum absolute atomic E-state index is 0.0968. The van der Waals surface area contributed by atoms with Gasteiger partial charge in [-0.1, -0.05) is 30.3 Å². The van der Waals surface area contributed by atoms with Gasteiger partial charge in [0.15, 0.2) is 15.1 Å². The fourth-order valence-electron chi connectivity index (χ4n) is 2.05. The van der Waals surface area contributed by atoms with Gasteiger partial charge in [0.1, 0.15) is 0 Å². The van der Waals surface area contributed by atoms with Crippen LogP contribution in [0, 0.1) is 5.92 Å². The van der Waals surface area contributed by atoms with Crippen LogP contribution in [0.25, 0.3) is 0 Å². The Morgan fingerprint density at radius 2 is 1.95 bits per heavy atom. The number of esters is 1. The molecule has 4 nitrogen and oxygen atoms in total. The Kier molecular flexibility index (Phi) is 4.24. The second-order valence-corrected chi connectivity index (χ2v) is 7.20. The summed E-state index contributed by atoms with van der Waals surface area (Å²) >= 11 is 0. The molecule has 2 rings (SSSR count). The summed E-state index contributed by atoms with van der Waals surface area (Å²) in [7, 11) is -2.21. The molecule has 0 bridgehead atoms. The van der Waals surface area contributed by atoms with Gasteiger partial charge in [-0.15, -0.1) is 0 Å². The Bertz CT molecular complexity index is 532. The van der Waals surface area contributed by atoms with E-state index < -0.39 is 21.1 Å². The molecule has 1 aliphatic rings. The van der Waals surface area contributed by atoms with Gasteiger partial charge in [-0.2, -0.15) is 0 Å². The molecular weight excluding hydrogens is 264 g/mol. The summed E-state index contributed by atoms with van der Waals surface area (Å²) in [6, 6.07) is 9.16. The molecule has 1 unspecified atom stereocenters. The summed E-state index contributed by atoms with van der Waals surface area (Å²) in [6.07, 6.45) is 2.07. The molecule has 0 aromatic heterocycles. The molecule has 104 valence electrons. The Balaban J connectivity index is 2.18.